The molecule has 0 aromatic rings. The molecule has 5 heteroatoms. The Morgan fingerprint density at radius 1 is 1.36 bits per heavy atom. The summed E-state index contributed by atoms with van der Waals surface area (Å²) in [6.45, 7) is 5.78. The summed E-state index contributed by atoms with van der Waals surface area (Å²) in [6, 6.07) is -0.782. The molecule has 81 valence electrons. The molecule has 0 unspecified atom stereocenters. The van der Waals surface area contributed by atoms with Crippen molar-refractivity contribution < 1.29 is 19.4 Å². The first-order valence-corrected chi connectivity index (χ1v) is 4.36. The summed E-state index contributed by atoms with van der Waals surface area (Å²) in [6.07, 6.45) is 0. The summed E-state index contributed by atoms with van der Waals surface area (Å²) >= 11 is 0. The Bertz CT molecular complexity index is 219. The van der Waals surface area contributed by atoms with Crippen molar-refractivity contribution in [1.82, 2.24) is 5.32 Å². The lowest BCUT2D eigenvalue weighted by Crippen LogP contribution is -2.43. The molecule has 14 heavy (non-hydrogen) atoms. The highest BCUT2D eigenvalue weighted by atomic mass is 16.6. The first-order valence-electron chi connectivity index (χ1n) is 4.36. The molecule has 0 rings (SSSR count). The molecule has 0 aromatic heterocycles. The van der Waals surface area contributed by atoms with Crippen LogP contribution in [0, 0.1) is 0 Å². The topological polar surface area (TPSA) is 75.3 Å². The molecule has 0 spiro atoms. The van der Waals surface area contributed by atoms with Gasteiger partial charge in [-0.05, 0) is 27.7 Å². The van der Waals surface area contributed by atoms with Crippen LogP contribution >= 0.6 is 0 Å². The van der Waals surface area contributed by atoms with Gasteiger partial charge in [0.05, 0.1) is 0 Å². The van der Waals surface area contributed by atoms with Crippen LogP contribution in [0.15, 0.2) is 0 Å². The average molecular weight is 202 g/mol. The lowest BCUT2D eigenvalue weighted by Gasteiger charge is -2.22. The molecular weight excluding hydrogens is 186 g/mol. The quantitative estimate of drug-likeness (QED) is 0.667. The maximum Gasteiger partial charge on any atom is 0.328 e. The summed E-state index contributed by atoms with van der Waals surface area (Å²) < 4.78 is 4.99. The number of rotatable bonds is 3. The van der Waals surface area contributed by atoms with E-state index in [4.69, 9.17) is 4.74 Å². The first-order chi connectivity index (χ1) is 6.26. The van der Waals surface area contributed by atoms with Crippen LogP contribution in [0.1, 0.15) is 27.7 Å². The summed E-state index contributed by atoms with van der Waals surface area (Å²) in [4.78, 5) is 21.9. The van der Waals surface area contributed by atoms with Gasteiger partial charge in [0.25, 0.3) is 0 Å². The highest BCUT2D eigenvalue weighted by Gasteiger charge is 2.22. The van der Waals surface area contributed by atoms with Gasteiger partial charge >= 0.3 is 5.97 Å². The molecule has 1 radical (unpaired) electrons. The fourth-order valence-corrected chi connectivity index (χ4v) is 0.732. The number of amides is 1. The van der Waals surface area contributed by atoms with Crippen LogP contribution in [-0.4, -0.2) is 30.1 Å². The van der Waals surface area contributed by atoms with Crippen molar-refractivity contribution in [2.45, 2.75) is 39.3 Å². The SMILES string of the molecule is C[C@H](NC(=O)C[O])C(=O)OC(C)(C)C. The van der Waals surface area contributed by atoms with Crippen molar-refractivity contribution in [3.05, 3.63) is 0 Å². The Balaban J connectivity index is 4.07. The summed E-state index contributed by atoms with van der Waals surface area (Å²) in [5.74, 6) is -1.25. The minimum absolute atomic E-state index is 0.542. The number of carbonyl (C=O) groups is 2. The number of carbonyl (C=O) groups excluding carboxylic acids is 2. The molecule has 0 bridgehead atoms. The molecule has 0 aliphatic heterocycles. The fourth-order valence-electron chi connectivity index (χ4n) is 0.732. The van der Waals surface area contributed by atoms with Crippen molar-refractivity contribution >= 4 is 11.9 Å². The van der Waals surface area contributed by atoms with Gasteiger partial charge in [-0.25, -0.2) is 9.90 Å². The Morgan fingerprint density at radius 3 is 2.21 bits per heavy atom. The third-order valence-electron chi connectivity index (χ3n) is 1.27. The zero-order chi connectivity index (χ0) is 11.4. The highest BCUT2D eigenvalue weighted by molar-refractivity contribution is 5.84. The van der Waals surface area contributed by atoms with Crippen molar-refractivity contribution in [3.63, 3.8) is 0 Å². The number of ether oxygens (including phenoxy) is 1. The Labute approximate surface area is 83.4 Å². The van der Waals surface area contributed by atoms with Crippen LogP contribution in [-0.2, 0) is 19.4 Å². The fraction of sp³-hybridized carbons (Fsp3) is 0.778. The molecule has 0 aliphatic rings. The standard InChI is InChI=1S/C9H16NO4/c1-6(10-7(12)5-11)8(13)14-9(2,3)4/h6H,5H2,1-4H3,(H,10,12)/t6-/m0/s1. The molecule has 5 nitrogen and oxygen atoms in total. The number of nitrogens with one attached hydrogen (secondary N) is 1. The summed E-state index contributed by atoms with van der Waals surface area (Å²) in [5.41, 5.74) is -0.590. The molecular formula is C9H16NO4. The molecule has 0 saturated heterocycles. The molecule has 0 aliphatic carbocycles. The average Bonchev–Trinajstić information content (AvgIpc) is 2.00. The first kappa shape index (κ1) is 12.9. The summed E-state index contributed by atoms with van der Waals surface area (Å²) in [7, 11) is 0. The second kappa shape index (κ2) is 4.95. The van der Waals surface area contributed by atoms with Gasteiger partial charge < -0.3 is 10.1 Å². The highest BCUT2D eigenvalue weighted by Crippen LogP contribution is 2.08. The van der Waals surface area contributed by atoms with Crippen LogP contribution < -0.4 is 5.32 Å². The lowest BCUT2D eigenvalue weighted by molar-refractivity contribution is -0.158. The van der Waals surface area contributed by atoms with Gasteiger partial charge in [0.15, 0.2) is 6.61 Å². The monoisotopic (exact) mass is 202 g/mol. The van der Waals surface area contributed by atoms with Gasteiger partial charge in [0.2, 0.25) is 5.91 Å². The Morgan fingerprint density at radius 2 is 1.86 bits per heavy atom. The third-order valence-corrected chi connectivity index (χ3v) is 1.27. The predicted molar refractivity (Wildman–Crippen MR) is 49.0 cm³/mol. The molecule has 1 amide bonds. The zero-order valence-electron chi connectivity index (χ0n) is 8.92. The zero-order valence-corrected chi connectivity index (χ0v) is 8.92. The van der Waals surface area contributed by atoms with Crippen molar-refractivity contribution in [3.8, 4) is 0 Å². The van der Waals surface area contributed by atoms with Crippen LogP contribution in [0.2, 0.25) is 0 Å². The van der Waals surface area contributed by atoms with E-state index >= 15 is 0 Å². The van der Waals surface area contributed by atoms with Crippen molar-refractivity contribution in [2.75, 3.05) is 6.61 Å². The van der Waals surface area contributed by atoms with E-state index in [1.165, 1.54) is 6.92 Å². The number of hydrogen-bond donors (Lipinski definition) is 1. The van der Waals surface area contributed by atoms with Gasteiger partial charge in [-0.1, -0.05) is 0 Å². The van der Waals surface area contributed by atoms with E-state index < -0.39 is 30.1 Å². The van der Waals surface area contributed by atoms with E-state index in [1.54, 1.807) is 20.8 Å². The maximum absolute atomic E-state index is 11.3. The van der Waals surface area contributed by atoms with E-state index in [2.05, 4.69) is 5.32 Å². The van der Waals surface area contributed by atoms with Gasteiger partial charge in [-0.2, -0.15) is 0 Å². The van der Waals surface area contributed by atoms with Crippen LogP contribution in [0.5, 0.6) is 0 Å². The van der Waals surface area contributed by atoms with E-state index in [1.807, 2.05) is 0 Å². The predicted octanol–water partition coefficient (Wildman–Crippen LogP) is 0.263. The van der Waals surface area contributed by atoms with Crippen LogP contribution in [0.25, 0.3) is 0 Å². The van der Waals surface area contributed by atoms with E-state index in [9.17, 15) is 14.7 Å². The van der Waals surface area contributed by atoms with Gasteiger partial charge in [0, 0.05) is 0 Å². The van der Waals surface area contributed by atoms with Crippen LogP contribution in [0.4, 0.5) is 0 Å². The second-order valence-corrected chi connectivity index (χ2v) is 3.97. The van der Waals surface area contributed by atoms with E-state index in [0.29, 0.717) is 0 Å². The van der Waals surface area contributed by atoms with Gasteiger partial charge in [-0.3, -0.25) is 4.79 Å². The van der Waals surface area contributed by atoms with Crippen molar-refractivity contribution in [2.24, 2.45) is 0 Å². The number of esters is 1. The molecule has 0 saturated carbocycles. The Kier molecular flexibility index (Phi) is 4.56. The van der Waals surface area contributed by atoms with E-state index in [0.717, 1.165) is 0 Å². The van der Waals surface area contributed by atoms with E-state index in [-0.39, 0.29) is 0 Å². The Hall–Kier alpha value is -1.10. The largest absolute Gasteiger partial charge is 0.458 e. The lowest BCUT2D eigenvalue weighted by atomic mass is 10.2. The third kappa shape index (κ3) is 5.53. The smallest absolute Gasteiger partial charge is 0.328 e. The maximum atomic E-state index is 11.3. The van der Waals surface area contributed by atoms with Gasteiger partial charge in [-0.15, -0.1) is 0 Å². The van der Waals surface area contributed by atoms with Crippen molar-refractivity contribution in [1.29, 1.82) is 0 Å². The molecule has 1 N–H and O–H groups in total. The van der Waals surface area contributed by atoms with Crippen LogP contribution in [0.3, 0.4) is 0 Å². The minimum Gasteiger partial charge on any atom is -0.458 e. The number of hydrogen-bond acceptors (Lipinski definition) is 3. The minimum atomic E-state index is -0.882. The van der Waals surface area contributed by atoms with Gasteiger partial charge in [0.1, 0.15) is 11.6 Å². The molecule has 0 heterocycles. The molecule has 0 fully saturated rings. The molecule has 0 aromatic carbocycles. The molecule has 1 atom stereocenters. The normalized spacial score (nSPS) is 13.2. The second-order valence-electron chi connectivity index (χ2n) is 3.97. The summed E-state index contributed by atoms with van der Waals surface area (Å²) in [5, 5.41) is 12.3.